The molecule has 0 fully saturated rings. The van der Waals surface area contributed by atoms with Crippen LogP contribution in [0.5, 0.6) is 0 Å². The van der Waals surface area contributed by atoms with Gasteiger partial charge in [0.05, 0.1) is 18.7 Å². The van der Waals surface area contributed by atoms with Crippen LogP contribution in [0.2, 0.25) is 0 Å². The number of nitrogens with two attached hydrogens (primary N) is 1. The first-order valence-corrected chi connectivity index (χ1v) is 6.60. The maximum atomic E-state index is 11.8. The topological polar surface area (TPSA) is 80.5 Å². The van der Waals surface area contributed by atoms with Crippen molar-refractivity contribution >= 4 is 28.9 Å². The van der Waals surface area contributed by atoms with Crippen molar-refractivity contribution in [2.24, 2.45) is 5.73 Å². The van der Waals surface area contributed by atoms with E-state index in [0.717, 1.165) is 5.69 Å². The van der Waals surface area contributed by atoms with Crippen LogP contribution in [-0.4, -0.2) is 49.7 Å². The highest BCUT2D eigenvalue weighted by Crippen LogP contribution is 2.17. The summed E-state index contributed by atoms with van der Waals surface area (Å²) < 4.78 is 4.87. The molecule has 1 aromatic rings. The highest BCUT2D eigenvalue weighted by molar-refractivity contribution is 7.80. The van der Waals surface area contributed by atoms with Gasteiger partial charge in [-0.05, 0) is 19.1 Å². The van der Waals surface area contributed by atoms with Gasteiger partial charge in [0.25, 0.3) is 0 Å². The van der Waals surface area contributed by atoms with Gasteiger partial charge in [0.15, 0.2) is 0 Å². The van der Waals surface area contributed by atoms with Crippen molar-refractivity contribution < 1.29 is 9.53 Å². The van der Waals surface area contributed by atoms with Crippen LogP contribution in [0.15, 0.2) is 12.1 Å². The van der Waals surface area contributed by atoms with Crippen molar-refractivity contribution in [1.29, 1.82) is 0 Å². The molecule has 0 spiro atoms. The lowest BCUT2D eigenvalue weighted by Gasteiger charge is -2.20. The van der Waals surface area contributed by atoms with Crippen LogP contribution in [-0.2, 0) is 9.53 Å². The normalized spacial score (nSPS) is 10.2. The molecule has 1 rings (SSSR count). The number of thiocarbonyl (C=S) groups is 1. The average molecular weight is 296 g/mol. The lowest BCUT2D eigenvalue weighted by molar-refractivity contribution is -0.119. The van der Waals surface area contributed by atoms with Crippen molar-refractivity contribution in [1.82, 2.24) is 10.3 Å². The third-order valence-corrected chi connectivity index (χ3v) is 2.87. The molecule has 0 saturated heterocycles. The van der Waals surface area contributed by atoms with Crippen LogP contribution < -0.4 is 16.0 Å². The predicted octanol–water partition coefficient (Wildman–Crippen LogP) is 0.223. The van der Waals surface area contributed by atoms with Gasteiger partial charge in [-0.25, -0.2) is 4.98 Å². The number of hydrogen-bond donors (Lipinski definition) is 2. The summed E-state index contributed by atoms with van der Waals surface area (Å²) in [4.78, 5) is 18.2. The number of ether oxygens (including phenoxy) is 1. The van der Waals surface area contributed by atoms with Gasteiger partial charge in [-0.3, -0.25) is 4.79 Å². The van der Waals surface area contributed by atoms with Crippen LogP contribution in [0.3, 0.4) is 0 Å². The summed E-state index contributed by atoms with van der Waals surface area (Å²) in [5.74, 6) is 0.501. The Labute approximate surface area is 124 Å². The van der Waals surface area contributed by atoms with Crippen molar-refractivity contribution in [3.05, 3.63) is 23.4 Å². The molecule has 6 nitrogen and oxygen atoms in total. The molecule has 20 heavy (non-hydrogen) atoms. The van der Waals surface area contributed by atoms with E-state index in [1.165, 1.54) is 0 Å². The number of carbonyl (C=O) groups excluding carboxylic acids is 1. The number of likely N-dealkylation sites (N-methyl/N-ethyl adjacent to an activating group) is 1. The summed E-state index contributed by atoms with van der Waals surface area (Å²) >= 11 is 5.01. The van der Waals surface area contributed by atoms with Crippen LogP contribution in [0, 0.1) is 6.92 Å². The Kier molecular flexibility index (Phi) is 6.33. The number of anilines is 1. The Morgan fingerprint density at radius 2 is 2.25 bits per heavy atom. The van der Waals surface area contributed by atoms with E-state index in [1.54, 1.807) is 19.1 Å². The van der Waals surface area contributed by atoms with Crippen molar-refractivity contribution in [3.63, 3.8) is 0 Å². The van der Waals surface area contributed by atoms with Gasteiger partial charge < -0.3 is 20.7 Å². The van der Waals surface area contributed by atoms with Crippen molar-refractivity contribution in [2.45, 2.75) is 6.92 Å². The molecule has 1 heterocycles. The minimum atomic E-state index is -0.109. The van der Waals surface area contributed by atoms with Crippen LogP contribution in [0.4, 0.5) is 5.82 Å². The number of nitrogens with zero attached hydrogens (tertiary/aromatic N) is 2. The smallest absolute Gasteiger partial charge is 0.239 e. The molecule has 7 heteroatoms. The highest BCUT2D eigenvalue weighted by Gasteiger charge is 2.14. The molecule has 0 bridgehead atoms. The van der Waals surface area contributed by atoms with E-state index < -0.39 is 0 Å². The number of pyridine rings is 1. The molecule has 1 aromatic heterocycles. The van der Waals surface area contributed by atoms with E-state index in [2.05, 4.69) is 10.3 Å². The number of methoxy groups -OCH3 is 1. The number of carbonyl (C=O) groups is 1. The molecule has 3 N–H and O–H groups in total. The minimum absolute atomic E-state index is 0.109. The van der Waals surface area contributed by atoms with Gasteiger partial charge in [-0.2, -0.15) is 0 Å². The van der Waals surface area contributed by atoms with Gasteiger partial charge in [-0.15, -0.1) is 0 Å². The summed E-state index contributed by atoms with van der Waals surface area (Å²) in [6.07, 6.45) is 0. The molecular formula is C13H20N4O2S. The number of rotatable bonds is 7. The molecule has 0 aliphatic rings. The third kappa shape index (κ3) is 4.75. The lowest BCUT2D eigenvalue weighted by Crippen LogP contribution is -2.37. The molecule has 0 radical (unpaired) electrons. The zero-order valence-electron chi connectivity index (χ0n) is 12.0. The minimum Gasteiger partial charge on any atom is -0.389 e. The first-order chi connectivity index (χ1) is 9.45. The van der Waals surface area contributed by atoms with E-state index in [0.29, 0.717) is 24.5 Å². The maximum Gasteiger partial charge on any atom is 0.239 e. The van der Waals surface area contributed by atoms with Crippen LogP contribution >= 0.6 is 12.2 Å². The summed E-state index contributed by atoms with van der Waals surface area (Å²) in [7, 11) is 3.36. The standard InChI is InChI=1S/C13H20N4O2S/c1-9-4-5-10(12(14)20)13(16-9)17(2)8-11(18)15-6-7-19-3/h4-5H,6-8H2,1-3H3,(H2,14,20)(H,15,18). The van der Waals surface area contributed by atoms with Gasteiger partial charge in [0, 0.05) is 26.4 Å². The Morgan fingerprint density at radius 3 is 2.85 bits per heavy atom. The zero-order chi connectivity index (χ0) is 15.1. The molecule has 0 aliphatic heterocycles. The molecular weight excluding hydrogens is 276 g/mol. The van der Waals surface area contributed by atoms with Crippen LogP contribution in [0.25, 0.3) is 0 Å². The molecule has 0 aliphatic carbocycles. The lowest BCUT2D eigenvalue weighted by atomic mass is 10.2. The Morgan fingerprint density at radius 1 is 1.55 bits per heavy atom. The molecule has 0 atom stereocenters. The third-order valence-electron chi connectivity index (χ3n) is 2.65. The molecule has 0 unspecified atom stereocenters. The highest BCUT2D eigenvalue weighted by atomic mass is 32.1. The van der Waals surface area contributed by atoms with E-state index >= 15 is 0 Å². The first-order valence-electron chi connectivity index (χ1n) is 6.20. The van der Waals surface area contributed by atoms with E-state index in [9.17, 15) is 4.79 Å². The number of aromatic nitrogens is 1. The Balaban J connectivity index is 2.76. The number of hydrogen-bond acceptors (Lipinski definition) is 5. The number of nitrogens with one attached hydrogen (secondary N) is 1. The maximum absolute atomic E-state index is 11.8. The van der Waals surface area contributed by atoms with Gasteiger partial charge >= 0.3 is 0 Å². The van der Waals surface area contributed by atoms with E-state index in [4.69, 9.17) is 22.7 Å². The van der Waals surface area contributed by atoms with E-state index in [1.807, 2.05) is 19.1 Å². The van der Waals surface area contributed by atoms with Crippen LogP contribution in [0.1, 0.15) is 11.3 Å². The number of amides is 1. The van der Waals surface area contributed by atoms with E-state index in [-0.39, 0.29) is 17.4 Å². The van der Waals surface area contributed by atoms with Crippen molar-refractivity contribution in [3.8, 4) is 0 Å². The summed E-state index contributed by atoms with van der Waals surface area (Å²) in [6.45, 7) is 3.01. The fourth-order valence-corrected chi connectivity index (χ4v) is 1.82. The second kappa shape index (κ2) is 7.76. The monoisotopic (exact) mass is 296 g/mol. The summed E-state index contributed by atoms with van der Waals surface area (Å²) in [6, 6.07) is 3.66. The second-order valence-electron chi connectivity index (χ2n) is 4.39. The number of aryl methyl sites for hydroxylation is 1. The Bertz CT molecular complexity index is 493. The zero-order valence-corrected chi connectivity index (χ0v) is 12.8. The molecule has 110 valence electrons. The molecule has 0 aromatic carbocycles. The fourth-order valence-electron chi connectivity index (χ4n) is 1.67. The molecule has 1 amide bonds. The quantitative estimate of drug-likeness (QED) is 0.553. The second-order valence-corrected chi connectivity index (χ2v) is 4.83. The largest absolute Gasteiger partial charge is 0.389 e. The summed E-state index contributed by atoms with van der Waals surface area (Å²) in [5.41, 5.74) is 7.18. The molecule has 0 saturated carbocycles. The average Bonchev–Trinajstić information content (AvgIpc) is 2.38. The summed E-state index contributed by atoms with van der Waals surface area (Å²) in [5, 5.41) is 2.75. The predicted molar refractivity (Wildman–Crippen MR) is 83.0 cm³/mol. The van der Waals surface area contributed by atoms with Gasteiger partial charge in [0.2, 0.25) is 5.91 Å². The van der Waals surface area contributed by atoms with Gasteiger partial charge in [0.1, 0.15) is 10.8 Å². The Hall–Kier alpha value is -1.73. The van der Waals surface area contributed by atoms with Gasteiger partial charge in [-0.1, -0.05) is 12.2 Å². The van der Waals surface area contributed by atoms with Crippen molar-refractivity contribution in [2.75, 3.05) is 38.8 Å². The first kappa shape index (κ1) is 16.3. The SMILES string of the molecule is COCCNC(=O)CN(C)c1nc(C)ccc1C(N)=S. The fraction of sp³-hybridized carbons (Fsp3) is 0.462.